The Bertz CT molecular complexity index is 1180. The molecule has 162 valence electrons. The van der Waals surface area contributed by atoms with Gasteiger partial charge in [-0.2, -0.15) is 0 Å². The van der Waals surface area contributed by atoms with Gasteiger partial charge in [0.05, 0.1) is 5.25 Å². The Morgan fingerprint density at radius 3 is 2.34 bits per heavy atom. The van der Waals surface area contributed by atoms with Crippen LogP contribution in [0.1, 0.15) is 18.3 Å². The number of benzene rings is 3. The van der Waals surface area contributed by atoms with E-state index in [0.717, 1.165) is 22.7 Å². The summed E-state index contributed by atoms with van der Waals surface area (Å²) in [5, 5.41) is 11.9. The molecule has 7 heteroatoms. The van der Waals surface area contributed by atoms with Crippen LogP contribution in [0.2, 0.25) is 0 Å². The smallest absolute Gasteiger partial charge is 0.237 e. The van der Waals surface area contributed by atoms with E-state index in [1.165, 1.54) is 11.8 Å². The largest absolute Gasteiger partial charge is 0.485 e. The summed E-state index contributed by atoms with van der Waals surface area (Å²) in [6.45, 7) is 4.12. The van der Waals surface area contributed by atoms with E-state index in [2.05, 4.69) is 15.5 Å². The van der Waals surface area contributed by atoms with Crippen LogP contribution in [0, 0.1) is 6.92 Å². The molecule has 0 saturated carbocycles. The number of hydrogen-bond donors (Lipinski definition) is 1. The first kappa shape index (κ1) is 21.6. The van der Waals surface area contributed by atoms with Crippen molar-refractivity contribution in [1.29, 1.82) is 0 Å². The summed E-state index contributed by atoms with van der Waals surface area (Å²) in [6.07, 6.45) is 0. The number of aryl methyl sites for hydroxylation is 1. The van der Waals surface area contributed by atoms with Crippen LogP contribution in [-0.2, 0) is 11.4 Å². The average molecular weight is 445 g/mol. The number of nitrogens with one attached hydrogen (secondary N) is 1. The minimum atomic E-state index is -0.369. The molecule has 4 rings (SSSR count). The van der Waals surface area contributed by atoms with Gasteiger partial charge < -0.3 is 10.1 Å². The maximum absolute atomic E-state index is 12.7. The number of nitrogens with zero attached hydrogens (tertiary/aromatic N) is 3. The molecule has 1 atom stereocenters. The molecule has 0 aliphatic carbocycles. The van der Waals surface area contributed by atoms with Gasteiger partial charge in [-0.25, -0.2) is 0 Å². The predicted octanol–water partition coefficient (Wildman–Crippen LogP) is 5.27. The van der Waals surface area contributed by atoms with Crippen molar-refractivity contribution in [3.63, 3.8) is 0 Å². The quantitative estimate of drug-likeness (QED) is 0.375. The predicted molar refractivity (Wildman–Crippen MR) is 127 cm³/mol. The molecule has 1 amide bonds. The van der Waals surface area contributed by atoms with Gasteiger partial charge in [-0.15, -0.1) is 10.2 Å². The van der Waals surface area contributed by atoms with Crippen LogP contribution in [0.25, 0.3) is 5.69 Å². The number of thioether (sulfide) groups is 1. The first-order chi connectivity index (χ1) is 15.6. The van der Waals surface area contributed by atoms with Crippen LogP contribution < -0.4 is 10.1 Å². The Morgan fingerprint density at radius 2 is 1.62 bits per heavy atom. The first-order valence-electron chi connectivity index (χ1n) is 10.3. The standard InChI is InChI=1S/C25H24N4O2S/c1-18-11-9-10-16-22(18)31-17-23-27-28-25(29(23)21-14-7-4-8-15-21)32-19(2)24(30)26-20-12-5-3-6-13-20/h3-16,19H,17H2,1-2H3,(H,26,30). The lowest BCUT2D eigenvalue weighted by Gasteiger charge is -2.14. The fraction of sp³-hybridized carbons (Fsp3) is 0.160. The van der Waals surface area contributed by atoms with Gasteiger partial charge in [-0.05, 0) is 49.7 Å². The molecule has 0 aliphatic rings. The van der Waals surface area contributed by atoms with Crippen LogP contribution in [0.3, 0.4) is 0 Å². The van der Waals surface area contributed by atoms with Crippen LogP contribution >= 0.6 is 11.8 Å². The van der Waals surface area contributed by atoms with E-state index in [1.807, 2.05) is 103 Å². The molecule has 1 unspecified atom stereocenters. The SMILES string of the molecule is Cc1ccccc1OCc1nnc(SC(C)C(=O)Nc2ccccc2)n1-c1ccccc1. The minimum absolute atomic E-state index is 0.0958. The van der Waals surface area contributed by atoms with E-state index in [-0.39, 0.29) is 17.8 Å². The highest BCUT2D eigenvalue weighted by Crippen LogP contribution is 2.27. The van der Waals surface area contributed by atoms with E-state index in [4.69, 9.17) is 4.74 Å². The van der Waals surface area contributed by atoms with Crippen molar-refractivity contribution in [2.75, 3.05) is 5.32 Å². The van der Waals surface area contributed by atoms with Gasteiger partial charge in [-0.3, -0.25) is 9.36 Å². The van der Waals surface area contributed by atoms with Crippen LogP contribution in [0.5, 0.6) is 5.75 Å². The second kappa shape index (κ2) is 10.2. The molecule has 1 aromatic heterocycles. The molecular weight excluding hydrogens is 420 g/mol. The van der Waals surface area contributed by atoms with Gasteiger partial charge in [0, 0.05) is 11.4 Å². The van der Waals surface area contributed by atoms with Crippen molar-refractivity contribution in [2.24, 2.45) is 0 Å². The molecule has 1 heterocycles. The number of rotatable bonds is 8. The Balaban J connectivity index is 1.55. The summed E-state index contributed by atoms with van der Waals surface area (Å²) in [5.74, 6) is 1.37. The number of aromatic nitrogens is 3. The monoisotopic (exact) mass is 444 g/mol. The third kappa shape index (κ3) is 5.18. The van der Waals surface area contributed by atoms with Gasteiger partial charge in [0.25, 0.3) is 0 Å². The van der Waals surface area contributed by atoms with Crippen molar-refractivity contribution in [2.45, 2.75) is 30.9 Å². The lowest BCUT2D eigenvalue weighted by atomic mass is 10.2. The number of ether oxygens (including phenoxy) is 1. The zero-order valence-corrected chi connectivity index (χ0v) is 18.8. The Labute approximate surface area is 191 Å². The van der Waals surface area contributed by atoms with Crippen LogP contribution in [0.15, 0.2) is 90.1 Å². The Kier molecular flexibility index (Phi) is 6.87. The second-order valence-electron chi connectivity index (χ2n) is 7.24. The van der Waals surface area contributed by atoms with Crippen molar-refractivity contribution < 1.29 is 9.53 Å². The summed E-state index contributed by atoms with van der Waals surface area (Å²) < 4.78 is 7.96. The number of anilines is 1. The van der Waals surface area contributed by atoms with E-state index in [0.29, 0.717) is 11.0 Å². The molecule has 3 aromatic carbocycles. The molecule has 4 aromatic rings. The Hall–Kier alpha value is -3.58. The molecular formula is C25H24N4O2S. The lowest BCUT2D eigenvalue weighted by molar-refractivity contribution is -0.115. The fourth-order valence-electron chi connectivity index (χ4n) is 3.14. The highest BCUT2D eigenvalue weighted by molar-refractivity contribution is 8.00. The van der Waals surface area contributed by atoms with E-state index < -0.39 is 0 Å². The van der Waals surface area contributed by atoms with Crippen LogP contribution in [0.4, 0.5) is 5.69 Å². The summed E-state index contributed by atoms with van der Waals surface area (Å²) in [7, 11) is 0. The van der Waals surface area contributed by atoms with Gasteiger partial charge >= 0.3 is 0 Å². The molecule has 0 radical (unpaired) electrons. The van der Waals surface area contributed by atoms with Crippen LogP contribution in [-0.4, -0.2) is 25.9 Å². The van der Waals surface area contributed by atoms with E-state index >= 15 is 0 Å². The highest BCUT2D eigenvalue weighted by Gasteiger charge is 2.21. The molecule has 0 bridgehead atoms. The van der Waals surface area contributed by atoms with Crippen molar-refractivity contribution in [3.05, 3.63) is 96.3 Å². The molecule has 0 fully saturated rings. The fourth-order valence-corrected chi connectivity index (χ4v) is 4.03. The van der Waals surface area contributed by atoms with Crippen molar-refractivity contribution in [3.8, 4) is 11.4 Å². The summed E-state index contributed by atoms with van der Waals surface area (Å²) in [4.78, 5) is 12.7. The molecule has 0 saturated heterocycles. The van der Waals surface area contributed by atoms with E-state index in [1.54, 1.807) is 0 Å². The molecule has 1 N–H and O–H groups in total. The summed E-state index contributed by atoms with van der Waals surface area (Å²) >= 11 is 1.36. The number of carbonyl (C=O) groups excluding carboxylic acids is 1. The number of carbonyl (C=O) groups is 1. The van der Waals surface area contributed by atoms with Gasteiger partial charge in [0.1, 0.15) is 12.4 Å². The third-order valence-corrected chi connectivity index (χ3v) is 5.90. The lowest BCUT2D eigenvalue weighted by Crippen LogP contribution is -2.22. The second-order valence-corrected chi connectivity index (χ2v) is 8.55. The molecule has 0 spiro atoms. The summed E-state index contributed by atoms with van der Waals surface area (Å²) in [5.41, 5.74) is 2.74. The van der Waals surface area contributed by atoms with Gasteiger partial charge in [0.2, 0.25) is 5.91 Å². The summed E-state index contributed by atoms with van der Waals surface area (Å²) in [6, 6.07) is 27.1. The zero-order valence-electron chi connectivity index (χ0n) is 17.9. The Morgan fingerprint density at radius 1 is 0.969 bits per heavy atom. The first-order valence-corrected chi connectivity index (χ1v) is 11.2. The average Bonchev–Trinajstić information content (AvgIpc) is 3.22. The minimum Gasteiger partial charge on any atom is -0.485 e. The number of amides is 1. The number of para-hydroxylation sites is 3. The maximum Gasteiger partial charge on any atom is 0.237 e. The maximum atomic E-state index is 12.7. The van der Waals surface area contributed by atoms with Gasteiger partial charge in [-0.1, -0.05) is 66.4 Å². The van der Waals surface area contributed by atoms with Crippen molar-refractivity contribution >= 4 is 23.4 Å². The zero-order chi connectivity index (χ0) is 22.3. The normalized spacial score (nSPS) is 11.7. The van der Waals surface area contributed by atoms with Gasteiger partial charge in [0.15, 0.2) is 11.0 Å². The topological polar surface area (TPSA) is 69.0 Å². The third-order valence-electron chi connectivity index (χ3n) is 4.86. The van der Waals surface area contributed by atoms with E-state index in [9.17, 15) is 4.79 Å². The molecule has 0 aliphatic heterocycles. The van der Waals surface area contributed by atoms with Crippen molar-refractivity contribution in [1.82, 2.24) is 14.8 Å². The highest BCUT2D eigenvalue weighted by atomic mass is 32.2. The molecule has 32 heavy (non-hydrogen) atoms. The number of hydrogen-bond acceptors (Lipinski definition) is 5. The molecule has 6 nitrogen and oxygen atoms in total.